The first kappa shape index (κ1) is 12.9. The molecule has 88 valence electrons. The maximum absolute atomic E-state index is 10.6. The minimum absolute atomic E-state index is 0.00311. The molecular weight excluding hydrogens is 200 g/mol. The molecule has 0 aliphatic heterocycles. The lowest BCUT2D eigenvalue weighted by Crippen LogP contribution is -2.28. The van der Waals surface area contributed by atoms with Gasteiger partial charge in [0, 0.05) is 11.5 Å². The number of hydrogen-bond donors (Lipinski definition) is 1. The molecule has 0 aliphatic carbocycles. The highest BCUT2D eigenvalue weighted by Crippen LogP contribution is 2.37. The number of aliphatic hydroxyl groups excluding tert-OH is 1. The molecule has 16 heavy (non-hydrogen) atoms. The fraction of sp³-hybridized carbons (Fsp3) is 0.500. The van der Waals surface area contributed by atoms with Gasteiger partial charge in [0.05, 0.1) is 6.10 Å². The van der Waals surface area contributed by atoms with Crippen molar-refractivity contribution in [3.05, 3.63) is 35.4 Å². The highest BCUT2D eigenvalue weighted by atomic mass is 16.3. The van der Waals surface area contributed by atoms with Crippen molar-refractivity contribution in [3.63, 3.8) is 0 Å². The zero-order valence-corrected chi connectivity index (χ0v) is 10.4. The van der Waals surface area contributed by atoms with Crippen LogP contribution in [-0.4, -0.2) is 17.5 Å². The van der Waals surface area contributed by atoms with Crippen molar-refractivity contribution in [2.45, 2.75) is 39.7 Å². The van der Waals surface area contributed by atoms with Crippen molar-refractivity contribution in [1.82, 2.24) is 0 Å². The average molecular weight is 220 g/mol. The van der Waals surface area contributed by atoms with E-state index in [2.05, 4.69) is 20.8 Å². The van der Waals surface area contributed by atoms with Crippen molar-refractivity contribution in [2.75, 3.05) is 0 Å². The lowest BCUT2D eigenvalue weighted by Gasteiger charge is -2.33. The second-order valence-electron chi connectivity index (χ2n) is 5.37. The molecule has 0 saturated carbocycles. The predicted molar refractivity (Wildman–Crippen MR) is 65.7 cm³/mol. The summed E-state index contributed by atoms with van der Waals surface area (Å²) in [7, 11) is 0. The summed E-state index contributed by atoms with van der Waals surface area (Å²) in [6.45, 7) is 8.14. The average Bonchev–Trinajstić information content (AvgIpc) is 2.16. The van der Waals surface area contributed by atoms with Gasteiger partial charge in [-0.15, -0.1) is 0 Å². The molecule has 0 aromatic heterocycles. The molecule has 0 heterocycles. The SMILES string of the molecule is CC(O)C(c1ccc(C=O)cc1)C(C)(C)C. The standard InChI is InChI=1S/C14H20O2/c1-10(16)13(14(2,3)4)12-7-5-11(9-15)6-8-12/h5-10,13,16H,1-4H3. The third-order valence-corrected chi connectivity index (χ3v) is 2.85. The zero-order valence-electron chi connectivity index (χ0n) is 10.4. The highest BCUT2D eigenvalue weighted by molar-refractivity contribution is 5.74. The highest BCUT2D eigenvalue weighted by Gasteiger charge is 2.30. The summed E-state index contributed by atoms with van der Waals surface area (Å²) in [5, 5.41) is 9.86. The Morgan fingerprint density at radius 1 is 1.19 bits per heavy atom. The van der Waals surface area contributed by atoms with Gasteiger partial charge in [-0.05, 0) is 17.9 Å². The number of carbonyl (C=O) groups is 1. The quantitative estimate of drug-likeness (QED) is 0.795. The number of rotatable bonds is 3. The number of hydrogen-bond acceptors (Lipinski definition) is 2. The van der Waals surface area contributed by atoms with Gasteiger partial charge in [0.25, 0.3) is 0 Å². The molecule has 2 atom stereocenters. The molecular formula is C14H20O2. The van der Waals surface area contributed by atoms with E-state index in [1.807, 2.05) is 19.1 Å². The van der Waals surface area contributed by atoms with E-state index in [0.29, 0.717) is 5.56 Å². The molecule has 0 bridgehead atoms. The Morgan fingerprint density at radius 2 is 1.69 bits per heavy atom. The topological polar surface area (TPSA) is 37.3 Å². The summed E-state index contributed by atoms with van der Waals surface area (Å²) in [4.78, 5) is 10.6. The van der Waals surface area contributed by atoms with Gasteiger partial charge < -0.3 is 5.11 Å². The van der Waals surface area contributed by atoms with Gasteiger partial charge >= 0.3 is 0 Å². The first-order valence-corrected chi connectivity index (χ1v) is 5.59. The van der Waals surface area contributed by atoms with Gasteiger partial charge in [-0.1, -0.05) is 45.0 Å². The minimum Gasteiger partial charge on any atom is -0.393 e. The summed E-state index contributed by atoms with van der Waals surface area (Å²) in [6, 6.07) is 7.44. The lowest BCUT2D eigenvalue weighted by molar-refractivity contribution is 0.105. The van der Waals surface area contributed by atoms with Crippen LogP contribution in [0, 0.1) is 5.41 Å². The second kappa shape index (κ2) is 4.79. The van der Waals surface area contributed by atoms with E-state index in [9.17, 15) is 9.90 Å². The Hall–Kier alpha value is -1.15. The van der Waals surface area contributed by atoms with Gasteiger partial charge in [-0.2, -0.15) is 0 Å². The molecule has 1 aromatic rings. The maximum Gasteiger partial charge on any atom is 0.150 e. The molecule has 0 radical (unpaired) electrons. The molecule has 1 rings (SSSR count). The fourth-order valence-corrected chi connectivity index (χ4v) is 2.28. The largest absolute Gasteiger partial charge is 0.393 e. The van der Waals surface area contributed by atoms with Gasteiger partial charge in [-0.3, -0.25) is 4.79 Å². The van der Waals surface area contributed by atoms with Gasteiger partial charge in [-0.25, -0.2) is 0 Å². The smallest absolute Gasteiger partial charge is 0.150 e. The van der Waals surface area contributed by atoms with Gasteiger partial charge in [0.15, 0.2) is 0 Å². The molecule has 2 nitrogen and oxygen atoms in total. The van der Waals surface area contributed by atoms with Crippen molar-refractivity contribution >= 4 is 6.29 Å². The molecule has 1 N–H and O–H groups in total. The maximum atomic E-state index is 10.6. The first-order chi connectivity index (χ1) is 7.36. The Balaban J connectivity index is 3.07. The number of aldehydes is 1. The van der Waals surface area contributed by atoms with E-state index >= 15 is 0 Å². The molecule has 0 saturated heterocycles. The van der Waals surface area contributed by atoms with Crippen LogP contribution in [0.15, 0.2) is 24.3 Å². The van der Waals surface area contributed by atoms with Crippen molar-refractivity contribution < 1.29 is 9.90 Å². The summed E-state index contributed by atoms with van der Waals surface area (Å²) in [5.74, 6) is 0.0770. The van der Waals surface area contributed by atoms with E-state index in [0.717, 1.165) is 11.8 Å². The lowest BCUT2D eigenvalue weighted by atomic mass is 9.73. The minimum atomic E-state index is -0.401. The molecule has 1 aromatic carbocycles. The summed E-state index contributed by atoms with van der Waals surface area (Å²) >= 11 is 0. The van der Waals surface area contributed by atoms with Crippen LogP contribution < -0.4 is 0 Å². The van der Waals surface area contributed by atoms with E-state index in [1.165, 1.54) is 0 Å². The van der Waals surface area contributed by atoms with Gasteiger partial charge in [0.2, 0.25) is 0 Å². The monoisotopic (exact) mass is 220 g/mol. The van der Waals surface area contributed by atoms with Crippen molar-refractivity contribution in [3.8, 4) is 0 Å². The predicted octanol–water partition coefficient (Wildman–Crippen LogP) is 3.01. The van der Waals surface area contributed by atoms with E-state index in [1.54, 1.807) is 12.1 Å². The van der Waals surface area contributed by atoms with Gasteiger partial charge in [0.1, 0.15) is 6.29 Å². The first-order valence-electron chi connectivity index (χ1n) is 5.59. The molecule has 2 heteroatoms. The number of carbonyl (C=O) groups excluding carboxylic acids is 1. The van der Waals surface area contributed by atoms with E-state index in [4.69, 9.17) is 0 Å². The van der Waals surface area contributed by atoms with E-state index < -0.39 is 6.10 Å². The summed E-state index contributed by atoms with van der Waals surface area (Å²) < 4.78 is 0. The second-order valence-corrected chi connectivity index (χ2v) is 5.37. The van der Waals surface area contributed by atoms with Crippen LogP contribution in [0.2, 0.25) is 0 Å². The van der Waals surface area contributed by atoms with Crippen LogP contribution in [0.5, 0.6) is 0 Å². The molecule has 0 fully saturated rings. The molecule has 0 spiro atoms. The fourth-order valence-electron chi connectivity index (χ4n) is 2.28. The Kier molecular flexibility index (Phi) is 3.87. The van der Waals surface area contributed by atoms with Crippen LogP contribution in [0.4, 0.5) is 0 Å². The normalized spacial score (nSPS) is 15.6. The Labute approximate surface area is 97.3 Å². The third kappa shape index (κ3) is 2.92. The van der Waals surface area contributed by atoms with Crippen molar-refractivity contribution in [2.24, 2.45) is 5.41 Å². The van der Waals surface area contributed by atoms with E-state index in [-0.39, 0.29) is 11.3 Å². The Bertz CT molecular complexity index is 344. The third-order valence-electron chi connectivity index (χ3n) is 2.85. The number of aliphatic hydroxyl groups is 1. The zero-order chi connectivity index (χ0) is 12.3. The molecule has 0 amide bonds. The summed E-state index contributed by atoms with van der Waals surface area (Å²) in [5.41, 5.74) is 1.74. The van der Waals surface area contributed by atoms with Crippen LogP contribution in [-0.2, 0) is 0 Å². The molecule has 0 aliphatic rings. The summed E-state index contributed by atoms with van der Waals surface area (Å²) in [6.07, 6.45) is 0.431. The van der Waals surface area contributed by atoms with Crippen LogP contribution >= 0.6 is 0 Å². The van der Waals surface area contributed by atoms with Crippen LogP contribution in [0.25, 0.3) is 0 Å². The van der Waals surface area contributed by atoms with Crippen molar-refractivity contribution in [1.29, 1.82) is 0 Å². The van der Waals surface area contributed by atoms with Crippen LogP contribution in [0.3, 0.4) is 0 Å². The number of benzene rings is 1. The molecule has 2 unspecified atom stereocenters. The Morgan fingerprint density at radius 3 is 2.00 bits per heavy atom. The van der Waals surface area contributed by atoms with Crippen LogP contribution in [0.1, 0.15) is 49.5 Å².